The SMILES string of the molecule is Cc1ccc(C(=O)c2cccc(F)c2)c(N2C=C(C#N)CC2)c1N. The Labute approximate surface area is 139 Å². The van der Waals surface area contributed by atoms with Crippen LogP contribution in [0.5, 0.6) is 0 Å². The van der Waals surface area contributed by atoms with Gasteiger partial charge in [0, 0.05) is 35.9 Å². The Morgan fingerprint density at radius 2 is 2.12 bits per heavy atom. The molecule has 2 N–H and O–H groups in total. The van der Waals surface area contributed by atoms with E-state index in [1.807, 2.05) is 11.8 Å². The summed E-state index contributed by atoms with van der Waals surface area (Å²) in [4.78, 5) is 14.7. The third kappa shape index (κ3) is 2.74. The van der Waals surface area contributed by atoms with E-state index in [2.05, 4.69) is 6.07 Å². The van der Waals surface area contributed by atoms with Crippen LogP contribution in [0, 0.1) is 24.1 Å². The largest absolute Gasteiger partial charge is 0.397 e. The van der Waals surface area contributed by atoms with Gasteiger partial charge in [0.05, 0.1) is 17.4 Å². The zero-order valence-electron chi connectivity index (χ0n) is 13.2. The summed E-state index contributed by atoms with van der Waals surface area (Å²) in [6, 6.07) is 11.2. The average Bonchev–Trinajstić information content (AvgIpc) is 3.05. The highest BCUT2D eigenvalue weighted by Crippen LogP contribution is 2.35. The van der Waals surface area contributed by atoms with E-state index >= 15 is 0 Å². The summed E-state index contributed by atoms with van der Waals surface area (Å²) in [5.74, 6) is -0.759. The van der Waals surface area contributed by atoms with Gasteiger partial charge in [0.15, 0.2) is 5.78 Å². The maximum Gasteiger partial charge on any atom is 0.195 e. The molecule has 120 valence electrons. The van der Waals surface area contributed by atoms with Gasteiger partial charge in [0.1, 0.15) is 5.82 Å². The van der Waals surface area contributed by atoms with Crippen LogP contribution in [0.4, 0.5) is 15.8 Å². The fourth-order valence-corrected chi connectivity index (χ4v) is 2.81. The van der Waals surface area contributed by atoms with Crippen molar-refractivity contribution >= 4 is 17.2 Å². The van der Waals surface area contributed by atoms with Crippen LogP contribution in [0.15, 0.2) is 48.2 Å². The predicted octanol–water partition coefficient (Wildman–Crippen LogP) is 3.56. The van der Waals surface area contributed by atoms with E-state index in [4.69, 9.17) is 11.0 Å². The number of nitrogens with two attached hydrogens (primary N) is 1. The van der Waals surface area contributed by atoms with Crippen LogP contribution in [-0.2, 0) is 0 Å². The van der Waals surface area contributed by atoms with Gasteiger partial charge >= 0.3 is 0 Å². The molecule has 1 aliphatic rings. The highest BCUT2D eigenvalue weighted by atomic mass is 19.1. The minimum Gasteiger partial charge on any atom is -0.397 e. The number of carbonyl (C=O) groups excluding carboxylic acids is 1. The lowest BCUT2D eigenvalue weighted by Crippen LogP contribution is -2.19. The van der Waals surface area contributed by atoms with Crippen molar-refractivity contribution in [3.8, 4) is 6.07 Å². The molecule has 0 aliphatic carbocycles. The van der Waals surface area contributed by atoms with E-state index in [9.17, 15) is 9.18 Å². The van der Waals surface area contributed by atoms with Crippen LogP contribution in [0.3, 0.4) is 0 Å². The van der Waals surface area contributed by atoms with Crippen molar-refractivity contribution in [2.45, 2.75) is 13.3 Å². The molecule has 0 amide bonds. The number of anilines is 2. The molecular formula is C19H16FN3O. The van der Waals surface area contributed by atoms with Crippen molar-refractivity contribution in [1.82, 2.24) is 0 Å². The number of hydrogen-bond acceptors (Lipinski definition) is 4. The van der Waals surface area contributed by atoms with Gasteiger partial charge in [0.25, 0.3) is 0 Å². The molecule has 1 heterocycles. The third-order valence-electron chi connectivity index (χ3n) is 4.13. The zero-order valence-corrected chi connectivity index (χ0v) is 13.2. The van der Waals surface area contributed by atoms with Crippen molar-refractivity contribution in [3.63, 3.8) is 0 Å². The third-order valence-corrected chi connectivity index (χ3v) is 4.13. The molecule has 2 aromatic rings. The van der Waals surface area contributed by atoms with Crippen molar-refractivity contribution in [3.05, 3.63) is 70.7 Å². The molecule has 0 fully saturated rings. The van der Waals surface area contributed by atoms with Gasteiger partial charge in [-0.05, 0) is 30.7 Å². The summed E-state index contributed by atoms with van der Waals surface area (Å²) >= 11 is 0. The first kappa shape index (κ1) is 15.8. The van der Waals surface area contributed by atoms with Gasteiger partial charge in [-0.1, -0.05) is 18.2 Å². The molecule has 1 aliphatic heterocycles. The highest BCUT2D eigenvalue weighted by Gasteiger charge is 2.24. The van der Waals surface area contributed by atoms with E-state index in [0.29, 0.717) is 35.5 Å². The monoisotopic (exact) mass is 321 g/mol. The highest BCUT2D eigenvalue weighted by molar-refractivity contribution is 6.14. The van der Waals surface area contributed by atoms with Gasteiger partial charge in [0.2, 0.25) is 0 Å². The van der Waals surface area contributed by atoms with E-state index in [0.717, 1.165) is 5.56 Å². The molecule has 3 rings (SSSR count). The lowest BCUT2D eigenvalue weighted by Gasteiger charge is -2.22. The van der Waals surface area contributed by atoms with Crippen molar-refractivity contribution < 1.29 is 9.18 Å². The molecule has 0 radical (unpaired) electrons. The normalized spacial score (nSPS) is 13.5. The standard InChI is InChI=1S/C19H16FN3O/c1-12-5-6-16(19(24)14-3-2-4-15(20)9-14)18(17(12)22)23-8-7-13(10-21)11-23/h2-6,9,11H,7-8,22H2,1H3. The van der Waals surface area contributed by atoms with Gasteiger partial charge in [-0.25, -0.2) is 4.39 Å². The zero-order chi connectivity index (χ0) is 17.3. The smallest absolute Gasteiger partial charge is 0.195 e. The summed E-state index contributed by atoms with van der Waals surface area (Å²) in [6.45, 7) is 2.44. The first-order valence-electron chi connectivity index (χ1n) is 7.58. The van der Waals surface area contributed by atoms with Gasteiger partial charge in [-0.15, -0.1) is 0 Å². The number of hydrogen-bond donors (Lipinski definition) is 1. The Hall–Kier alpha value is -3.13. The summed E-state index contributed by atoms with van der Waals surface area (Å²) in [7, 11) is 0. The quantitative estimate of drug-likeness (QED) is 0.693. The molecule has 0 spiro atoms. The second-order valence-corrected chi connectivity index (χ2v) is 5.74. The molecule has 0 saturated carbocycles. The number of nitrogen functional groups attached to an aromatic ring is 1. The molecule has 0 bridgehead atoms. The van der Waals surface area contributed by atoms with E-state index < -0.39 is 5.82 Å². The second-order valence-electron chi connectivity index (χ2n) is 5.74. The summed E-state index contributed by atoms with van der Waals surface area (Å²) in [5, 5.41) is 9.06. The Kier molecular flexibility index (Phi) is 4.05. The Balaban J connectivity index is 2.12. The second kappa shape index (κ2) is 6.17. The molecule has 0 saturated heterocycles. The maximum atomic E-state index is 13.5. The molecule has 0 unspecified atom stereocenters. The number of nitriles is 1. The van der Waals surface area contributed by atoms with Crippen LogP contribution in [-0.4, -0.2) is 12.3 Å². The van der Waals surface area contributed by atoms with Gasteiger partial charge in [-0.2, -0.15) is 5.26 Å². The first-order chi connectivity index (χ1) is 11.5. The lowest BCUT2D eigenvalue weighted by molar-refractivity contribution is 0.103. The van der Waals surface area contributed by atoms with E-state index in [1.54, 1.807) is 24.4 Å². The number of halogens is 1. The molecule has 0 atom stereocenters. The molecular weight excluding hydrogens is 305 g/mol. The minimum atomic E-state index is -0.463. The molecule has 0 aromatic heterocycles. The predicted molar refractivity (Wildman–Crippen MR) is 91.1 cm³/mol. The average molecular weight is 321 g/mol. The van der Waals surface area contributed by atoms with Crippen LogP contribution in [0.1, 0.15) is 27.9 Å². The number of ketones is 1. The van der Waals surface area contributed by atoms with Crippen LogP contribution >= 0.6 is 0 Å². The number of carbonyl (C=O) groups is 1. The van der Waals surface area contributed by atoms with Crippen LogP contribution < -0.4 is 10.6 Å². The van der Waals surface area contributed by atoms with Crippen molar-refractivity contribution in [1.29, 1.82) is 5.26 Å². The topological polar surface area (TPSA) is 70.1 Å². The van der Waals surface area contributed by atoms with Gasteiger partial charge < -0.3 is 10.6 Å². The summed E-state index contributed by atoms with van der Waals surface area (Å²) < 4.78 is 13.5. The molecule has 2 aromatic carbocycles. The fourth-order valence-electron chi connectivity index (χ4n) is 2.81. The number of rotatable bonds is 3. The first-order valence-corrected chi connectivity index (χ1v) is 7.58. The molecule has 24 heavy (non-hydrogen) atoms. The fraction of sp³-hybridized carbons (Fsp3) is 0.158. The van der Waals surface area contributed by atoms with Crippen LogP contribution in [0.2, 0.25) is 0 Å². The number of aryl methyl sites for hydroxylation is 1. The Bertz CT molecular complexity index is 896. The summed E-state index contributed by atoms with van der Waals surface area (Å²) in [6.07, 6.45) is 2.32. The Morgan fingerprint density at radius 1 is 1.33 bits per heavy atom. The minimum absolute atomic E-state index is 0.267. The van der Waals surface area contributed by atoms with Crippen molar-refractivity contribution in [2.24, 2.45) is 0 Å². The van der Waals surface area contributed by atoms with Crippen molar-refractivity contribution in [2.75, 3.05) is 17.2 Å². The lowest BCUT2D eigenvalue weighted by atomic mass is 9.98. The van der Waals surface area contributed by atoms with E-state index in [-0.39, 0.29) is 11.3 Å². The summed E-state index contributed by atoms with van der Waals surface area (Å²) in [5.41, 5.74) is 9.44. The maximum absolute atomic E-state index is 13.5. The molecule has 4 nitrogen and oxygen atoms in total. The number of nitrogens with zero attached hydrogens (tertiary/aromatic N) is 2. The molecule has 5 heteroatoms. The Morgan fingerprint density at radius 3 is 2.79 bits per heavy atom. The van der Waals surface area contributed by atoms with Crippen LogP contribution in [0.25, 0.3) is 0 Å². The van der Waals surface area contributed by atoms with E-state index in [1.165, 1.54) is 18.2 Å². The number of benzene rings is 2. The van der Waals surface area contributed by atoms with Gasteiger partial charge in [-0.3, -0.25) is 4.79 Å².